The van der Waals surface area contributed by atoms with Crippen LogP contribution in [0.2, 0.25) is 0 Å². The monoisotopic (exact) mass is 360 g/mol. The van der Waals surface area contributed by atoms with Crippen LogP contribution in [-0.2, 0) is 9.47 Å². The molecule has 1 aromatic heterocycles. The Balaban J connectivity index is 2.08. The number of esters is 2. The molecule has 0 aliphatic carbocycles. The maximum Gasteiger partial charge on any atom is 0.338 e. The van der Waals surface area contributed by atoms with E-state index in [0.29, 0.717) is 27.8 Å². The highest BCUT2D eigenvalue weighted by molar-refractivity contribution is 6.12. The molecule has 0 bridgehead atoms. The standard InChI is InChI=1S/C22H16O5/c1-25-21(23)15-9-4-3-7-13(15)16-11-17-14-8-5-6-10-19(14)27-20(17)12-18(16)22(24)26-2/h3-12H,1-2H3. The highest BCUT2D eigenvalue weighted by Crippen LogP contribution is 2.36. The summed E-state index contributed by atoms with van der Waals surface area (Å²) in [6, 6.07) is 18.2. The maximum absolute atomic E-state index is 12.4. The van der Waals surface area contributed by atoms with Crippen LogP contribution in [0.5, 0.6) is 0 Å². The van der Waals surface area contributed by atoms with E-state index in [4.69, 9.17) is 13.9 Å². The van der Waals surface area contributed by atoms with E-state index >= 15 is 0 Å². The molecule has 0 unspecified atom stereocenters. The second kappa shape index (κ2) is 6.61. The van der Waals surface area contributed by atoms with Gasteiger partial charge in [-0.05, 0) is 35.4 Å². The van der Waals surface area contributed by atoms with Crippen molar-refractivity contribution < 1.29 is 23.5 Å². The fraction of sp³-hybridized carbons (Fsp3) is 0.0909. The quantitative estimate of drug-likeness (QED) is 0.490. The molecular weight excluding hydrogens is 344 g/mol. The van der Waals surface area contributed by atoms with Crippen LogP contribution in [0, 0.1) is 0 Å². The van der Waals surface area contributed by atoms with Crippen LogP contribution in [0.1, 0.15) is 20.7 Å². The molecule has 27 heavy (non-hydrogen) atoms. The molecule has 5 heteroatoms. The van der Waals surface area contributed by atoms with Gasteiger partial charge in [0, 0.05) is 10.8 Å². The second-order valence-electron chi connectivity index (χ2n) is 6.02. The number of fused-ring (bicyclic) bond motifs is 3. The van der Waals surface area contributed by atoms with Crippen LogP contribution in [0.4, 0.5) is 0 Å². The molecule has 134 valence electrons. The number of methoxy groups -OCH3 is 2. The summed E-state index contributed by atoms with van der Waals surface area (Å²) in [5.74, 6) is -0.981. The lowest BCUT2D eigenvalue weighted by molar-refractivity contribution is 0.0590. The number of para-hydroxylation sites is 1. The average Bonchev–Trinajstić information content (AvgIpc) is 3.09. The summed E-state index contributed by atoms with van der Waals surface area (Å²) in [7, 11) is 2.65. The van der Waals surface area contributed by atoms with Gasteiger partial charge >= 0.3 is 11.9 Å². The first-order chi connectivity index (χ1) is 13.1. The van der Waals surface area contributed by atoms with Crippen molar-refractivity contribution in [2.24, 2.45) is 0 Å². The minimum atomic E-state index is -0.507. The lowest BCUT2D eigenvalue weighted by atomic mass is 9.93. The van der Waals surface area contributed by atoms with E-state index in [2.05, 4.69) is 0 Å². The molecule has 0 saturated carbocycles. The Morgan fingerprint density at radius 2 is 1.37 bits per heavy atom. The molecule has 0 N–H and O–H groups in total. The number of furan rings is 1. The number of hydrogen-bond acceptors (Lipinski definition) is 5. The van der Waals surface area contributed by atoms with Gasteiger partial charge in [-0.2, -0.15) is 0 Å². The van der Waals surface area contributed by atoms with Gasteiger partial charge in [-0.1, -0.05) is 36.4 Å². The van der Waals surface area contributed by atoms with Crippen molar-refractivity contribution in [3.63, 3.8) is 0 Å². The lowest BCUT2D eigenvalue weighted by Crippen LogP contribution is -2.07. The molecule has 4 aromatic rings. The molecule has 0 atom stereocenters. The molecule has 0 amide bonds. The molecule has 1 heterocycles. The molecule has 0 aliphatic heterocycles. The zero-order chi connectivity index (χ0) is 19.0. The smallest absolute Gasteiger partial charge is 0.338 e. The first-order valence-electron chi connectivity index (χ1n) is 8.35. The van der Waals surface area contributed by atoms with E-state index < -0.39 is 11.9 Å². The highest BCUT2D eigenvalue weighted by atomic mass is 16.5. The minimum absolute atomic E-state index is 0.320. The number of carbonyl (C=O) groups is 2. The molecular formula is C22H16O5. The van der Waals surface area contributed by atoms with Gasteiger partial charge < -0.3 is 13.9 Å². The van der Waals surface area contributed by atoms with Gasteiger partial charge in [-0.15, -0.1) is 0 Å². The third kappa shape index (κ3) is 2.73. The van der Waals surface area contributed by atoms with Gasteiger partial charge in [0.1, 0.15) is 11.2 Å². The van der Waals surface area contributed by atoms with E-state index in [1.807, 2.05) is 30.3 Å². The largest absolute Gasteiger partial charge is 0.465 e. The third-order valence-electron chi connectivity index (χ3n) is 4.54. The predicted molar refractivity (Wildman–Crippen MR) is 102 cm³/mol. The van der Waals surface area contributed by atoms with Gasteiger partial charge in [0.15, 0.2) is 0 Å². The number of ether oxygens (including phenoxy) is 2. The maximum atomic E-state index is 12.4. The van der Waals surface area contributed by atoms with Crippen molar-refractivity contribution in [2.45, 2.75) is 0 Å². The summed E-state index contributed by atoms with van der Waals surface area (Å²) in [6.45, 7) is 0. The summed E-state index contributed by atoms with van der Waals surface area (Å²) >= 11 is 0. The predicted octanol–water partition coefficient (Wildman–Crippen LogP) is 4.83. The Morgan fingerprint density at radius 1 is 0.704 bits per heavy atom. The van der Waals surface area contributed by atoms with E-state index in [9.17, 15) is 9.59 Å². The topological polar surface area (TPSA) is 65.7 Å². The Kier molecular flexibility index (Phi) is 4.12. The molecule has 0 aliphatic rings. The Bertz CT molecular complexity index is 1190. The summed E-state index contributed by atoms with van der Waals surface area (Å²) in [6.07, 6.45) is 0. The number of carbonyl (C=O) groups excluding carboxylic acids is 2. The van der Waals surface area contributed by atoms with E-state index in [1.54, 1.807) is 30.3 Å². The van der Waals surface area contributed by atoms with Gasteiger partial charge in [0.2, 0.25) is 0 Å². The Hall–Kier alpha value is -3.60. The van der Waals surface area contributed by atoms with Crippen molar-refractivity contribution in [3.8, 4) is 11.1 Å². The fourth-order valence-corrected chi connectivity index (χ4v) is 3.28. The second-order valence-corrected chi connectivity index (χ2v) is 6.02. The van der Waals surface area contributed by atoms with E-state index in [1.165, 1.54) is 14.2 Å². The first kappa shape index (κ1) is 16.8. The van der Waals surface area contributed by atoms with Crippen LogP contribution in [0.25, 0.3) is 33.1 Å². The number of benzene rings is 3. The first-order valence-corrected chi connectivity index (χ1v) is 8.35. The lowest BCUT2D eigenvalue weighted by Gasteiger charge is -2.12. The Morgan fingerprint density at radius 3 is 2.15 bits per heavy atom. The summed E-state index contributed by atoms with van der Waals surface area (Å²) < 4.78 is 15.7. The number of hydrogen-bond donors (Lipinski definition) is 0. The molecule has 0 radical (unpaired) electrons. The summed E-state index contributed by atoms with van der Waals surface area (Å²) in [5.41, 5.74) is 3.18. The minimum Gasteiger partial charge on any atom is -0.465 e. The van der Waals surface area contributed by atoms with Crippen LogP contribution < -0.4 is 0 Å². The van der Waals surface area contributed by atoms with Crippen LogP contribution in [0.15, 0.2) is 65.1 Å². The van der Waals surface area contributed by atoms with Gasteiger partial charge in [0.05, 0.1) is 25.3 Å². The molecule has 4 rings (SSSR count). The van der Waals surface area contributed by atoms with Gasteiger partial charge in [-0.3, -0.25) is 0 Å². The highest BCUT2D eigenvalue weighted by Gasteiger charge is 2.21. The average molecular weight is 360 g/mol. The third-order valence-corrected chi connectivity index (χ3v) is 4.54. The van der Waals surface area contributed by atoms with Crippen molar-refractivity contribution in [3.05, 3.63) is 71.8 Å². The van der Waals surface area contributed by atoms with Crippen LogP contribution >= 0.6 is 0 Å². The molecule has 3 aromatic carbocycles. The van der Waals surface area contributed by atoms with Crippen molar-refractivity contribution in [1.29, 1.82) is 0 Å². The summed E-state index contributed by atoms with van der Waals surface area (Å²) in [4.78, 5) is 24.7. The van der Waals surface area contributed by atoms with Crippen LogP contribution in [0.3, 0.4) is 0 Å². The SMILES string of the molecule is COC(=O)c1ccccc1-c1cc2c(cc1C(=O)OC)oc1ccccc12. The fourth-order valence-electron chi connectivity index (χ4n) is 3.28. The van der Waals surface area contributed by atoms with Crippen molar-refractivity contribution in [1.82, 2.24) is 0 Å². The van der Waals surface area contributed by atoms with E-state index in [0.717, 1.165) is 16.4 Å². The molecule has 0 saturated heterocycles. The zero-order valence-electron chi connectivity index (χ0n) is 14.8. The Labute approximate surface area is 155 Å². The molecule has 5 nitrogen and oxygen atoms in total. The summed E-state index contributed by atoms with van der Waals surface area (Å²) in [5, 5.41) is 1.79. The van der Waals surface area contributed by atoms with Gasteiger partial charge in [0.25, 0.3) is 0 Å². The number of rotatable bonds is 3. The molecule has 0 spiro atoms. The van der Waals surface area contributed by atoms with Crippen molar-refractivity contribution >= 4 is 33.9 Å². The normalized spacial score (nSPS) is 10.9. The van der Waals surface area contributed by atoms with Gasteiger partial charge in [-0.25, -0.2) is 9.59 Å². The zero-order valence-corrected chi connectivity index (χ0v) is 14.8. The van der Waals surface area contributed by atoms with Crippen molar-refractivity contribution in [2.75, 3.05) is 14.2 Å². The van der Waals surface area contributed by atoms with Crippen LogP contribution in [-0.4, -0.2) is 26.2 Å². The van der Waals surface area contributed by atoms with E-state index in [-0.39, 0.29) is 0 Å². The molecule has 0 fully saturated rings.